The Hall–Kier alpha value is -2.34. The third-order valence-electron chi connectivity index (χ3n) is 2.89. The molecule has 2 amide bonds. The van der Waals surface area contributed by atoms with Crippen molar-refractivity contribution >= 4 is 27.7 Å². The largest absolute Gasteiger partial charge is 0.508 e. The molecule has 3 N–H and O–H groups in total. The van der Waals surface area contributed by atoms with Crippen LogP contribution < -0.4 is 10.6 Å². The van der Waals surface area contributed by atoms with Gasteiger partial charge in [0.1, 0.15) is 5.75 Å². The van der Waals surface area contributed by atoms with Crippen LogP contribution in [0.5, 0.6) is 5.75 Å². The van der Waals surface area contributed by atoms with Crippen LogP contribution in [0.2, 0.25) is 0 Å². The number of carbonyl (C=O) groups excluding carboxylic acids is 2. The summed E-state index contributed by atoms with van der Waals surface area (Å²) in [4.78, 5) is 23.7. The summed E-state index contributed by atoms with van der Waals surface area (Å²) in [7, 11) is 0. The molecule has 0 bridgehead atoms. The second kappa shape index (κ2) is 7.61. The Balaban J connectivity index is 1.77. The number of halogens is 1. The molecule has 0 radical (unpaired) electrons. The second-order valence-electron chi connectivity index (χ2n) is 4.57. The molecule has 5 nitrogen and oxygen atoms in total. The van der Waals surface area contributed by atoms with Crippen LogP contribution in [0.25, 0.3) is 0 Å². The second-order valence-corrected chi connectivity index (χ2v) is 5.49. The molecule has 0 heterocycles. The molecule has 0 aliphatic rings. The molecule has 0 aromatic heterocycles. The van der Waals surface area contributed by atoms with E-state index in [1.165, 1.54) is 12.1 Å². The number of amides is 2. The summed E-state index contributed by atoms with van der Waals surface area (Å²) in [6.45, 7) is 0.615. The molecule has 2 rings (SSSR count). The Morgan fingerprint density at radius 1 is 0.909 bits per heavy atom. The number of hydrogen-bond acceptors (Lipinski definition) is 3. The van der Waals surface area contributed by atoms with Gasteiger partial charge in [-0.05, 0) is 36.4 Å². The van der Waals surface area contributed by atoms with Gasteiger partial charge in [-0.1, -0.05) is 28.1 Å². The van der Waals surface area contributed by atoms with E-state index in [1.807, 2.05) is 6.07 Å². The normalized spacial score (nSPS) is 10.0. The summed E-state index contributed by atoms with van der Waals surface area (Å²) in [6.07, 6.45) is 0. The fourth-order valence-electron chi connectivity index (χ4n) is 1.83. The molecule has 0 fully saturated rings. The molecule has 0 aliphatic carbocycles. The molecule has 0 unspecified atom stereocenters. The van der Waals surface area contributed by atoms with Crippen LogP contribution in [0.3, 0.4) is 0 Å². The molecule has 0 atom stereocenters. The number of rotatable bonds is 5. The number of phenols is 1. The average Bonchev–Trinajstić information content (AvgIpc) is 2.51. The summed E-state index contributed by atoms with van der Waals surface area (Å²) in [5.74, 6) is -0.462. The van der Waals surface area contributed by atoms with Crippen molar-refractivity contribution in [1.82, 2.24) is 10.6 Å². The zero-order valence-corrected chi connectivity index (χ0v) is 13.3. The highest BCUT2D eigenvalue weighted by molar-refractivity contribution is 9.10. The summed E-state index contributed by atoms with van der Waals surface area (Å²) in [6, 6.07) is 13.1. The van der Waals surface area contributed by atoms with E-state index >= 15 is 0 Å². The monoisotopic (exact) mass is 362 g/mol. The summed E-state index contributed by atoms with van der Waals surface area (Å²) >= 11 is 3.31. The van der Waals surface area contributed by atoms with E-state index < -0.39 is 0 Å². The standard InChI is InChI=1S/C16H15BrN2O3/c17-13-5-1-3-11(9-13)15(21)18-7-8-19-16(22)12-4-2-6-14(20)10-12/h1-6,9-10,20H,7-8H2,(H,18,21)(H,19,22). The first-order valence-corrected chi connectivity index (χ1v) is 7.46. The number of phenolic OH excluding ortho intramolecular Hbond substituents is 1. The molecule has 114 valence electrons. The zero-order chi connectivity index (χ0) is 15.9. The van der Waals surface area contributed by atoms with Crippen molar-refractivity contribution in [2.75, 3.05) is 13.1 Å². The maximum Gasteiger partial charge on any atom is 0.251 e. The lowest BCUT2D eigenvalue weighted by atomic mass is 10.2. The Kier molecular flexibility index (Phi) is 5.55. The summed E-state index contributed by atoms with van der Waals surface area (Å²) in [5.41, 5.74) is 0.923. The third-order valence-corrected chi connectivity index (χ3v) is 3.38. The molecule has 0 spiro atoms. The smallest absolute Gasteiger partial charge is 0.251 e. The predicted octanol–water partition coefficient (Wildman–Crippen LogP) is 2.31. The van der Waals surface area contributed by atoms with Gasteiger partial charge in [0.25, 0.3) is 11.8 Å². The minimum atomic E-state index is -0.299. The summed E-state index contributed by atoms with van der Waals surface area (Å²) < 4.78 is 0.831. The van der Waals surface area contributed by atoms with Crippen LogP contribution in [0.1, 0.15) is 20.7 Å². The number of carbonyl (C=O) groups is 2. The van der Waals surface area contributed by atoms with Crippen molar-refractivity contribution < 1.29 is 14.7 Å². The van der Waals surface area contributed by atoms with E-state index in [2.05, 4.69) is 26.6 Å². The molecular weight excluding hydrogens is 348 g/mol. The van der Waals surface area contributed by atoms with Crippen LogP contribution in [0.4, 0.5) is 0 Å². The lowest BCUT2D eigenvalue weighted by molar-refractivity contribution is 0.0927. The van der Waals surface area contributed by atoms with E-state index in [4.69, 9.17) is 0 Å². The average molecular weight is 363 g/mol. The van der Waals surface area contributed by atoms with Gasteiger partial charge < -0.3 is 15.7 Å². The van der Waals surface area contributed by atoms with Crippen LogP contribution in [0.15, 0.2) is 53.0 Å². The van der Waals surface area contributed by atoms with Gasteiger partial charge in [-0.3, -0.25) is 9.59 Å². The van der Waals surface area contributed by atoms with Crippen LogP contribution in [-0.2, 0) is 0 Å². The minimum Gasteiger partial charge on any atom is -0.508 e. The maximum absolute atomic E-state index is 11.9. The van der Waals surface area contributed by atoms with Crippen molar-refractivity contribution in [3.8, 4) is 5.75 Å². The van der Waals surface area contributed by atoms with Crippen molar-refractivity contribution in [2.45, 2.75) is 0 Å². The Labute approximate surface area is 136 Å². The highest BCUT2D eigenvalue weighted by Crippen LogP contribution is 2.11. The van der Waals surface area contributed by atoms with Gasteiger partial charge in [0, 0.05) is 28.7 Å². The molecule has 6 heteroatoms. The fourth-order valence-corrected chi connectivity index (χ4v) is 2.23. The maximum atomic E-state index is 11.9. The van der Waals surface area contributed by atoms with Crippen molar-refractivity contribution in [3.63, 3.8) is 0 Å². The van der Waals surface area contributed by atoms with Gasteiger partial charge >= 0.3 is 0 Å². The topological polar surface area (TPSA) is 78.4 Å². The van der Waals surface area contributed by atoms with Crippen molar-refractivity contribution in [2.24, 2.45) is 0 Å². The Bertz CT molecular complexity index is 629. The van der Waals surface area contributed by atoms with Gasteiger partial charge in [0.15, 0.2) is 0 Å². The van der Waals surface area contributed by atoms with Crippen LogP contribution in [-0.4, -0.2) is 30.0 Å². The molecular formula is C16H15BrN2O3. The highest BCUT2D eigenvalue weighted by atomic mass is 79.9. The lowest BCUT2D eigenvalue weighted by Gasteiger charge is -2.07. The van der Waals surface area contributed by atoms with Gasteiger partial charge in [-0.25, -0.2) is 0 Å². The van der Waals surface area contributed by atoms with E-state index in [9.17, 15) is 14.7 Å². The van der Waals surface area contributed by atoms with Gasteiger partial charge in [0.2, 0.25) is 0 Å². The molecule has 2 aromatic rings. The SMILES string of the molecule is O=C(NCCNC(=O)c1cccc(Br)c1)c1cccc(O)c1. The minimum absolute atomic E-state index is 0.0376. The Morgan fingerprint density at radius 3 is 2.00 bits per heavy atom. The first-order valence-electron chi connectivity index (χ1n) is 6.67. The van der Waals surface area contributed by atoms with Crippen LogP contribution >= 0.6 is 15.9 Å². The van der Waals surface area contributed by atoms with Crippen molar-refractivity contribution in [3.05, 3.63) is 64.1 Å². The predicted molar refractivity (Wildman–Crippen MR) is 86.9 cm³/mol. The highest BCUT2D eigenvalue weighted by Gasteiger charge is 2.07. The zero-order valence-electron chi connectivity index (χ0n) is 11.7. The van der Waals surface area contributed by atoms with E-state index in [0.717, 1.165) is 4.47 Å². The first-order chi connectivity index (χ1) is 10.6. The van der Waals surface area contributed by atoms with Gasteiger partial charge in [-0.2, -0.15) is 0 Å². The summed E-state index contributed by atoms with van der Waals surface area (Å²) in [5, 5.41) is 14.7. The molecule has 22 heavy (non-hydrogen) atoms. The molecule has 0 saturated carbocycles. The van der Waals surface area contributed by atoms with E-state index in [0.29, 0.717) is 24.2 Å². The number of aromatic hydroxyl groups is 1. The number of nitrogens with one attached hydrogen (secondary N) is 2. The Morgan fingerprint density at radius 2 is 1.45 bits per heavy atom. The molecule has 0 aliphatic heterocycles. The number of hydrogen-bond donors (Lipinski definition) is 3. The van der Waals surface area contributed by atoms with E-state index in [-0.39, 0.29) is 17.6 Å². The fraction of sp³-hybridized carbons (Fsp3) is 0.125. The van der Waals surface area contributed by atoms with E-state index in [1.54, 1.807) is 30.3 Å². The van der Waals surface area contributed by atoms with Gasteiger partial charge in [-0.15, -0.1) is 0 Å². The first kappa shape index (κ1) is 16.0. The molecule has 0 saturated heterocycles. The van der Waals surface area contributed by atoms with Crippen molar-refractivity contribution in [1.29, 1.82) is 0 Å². The lowest BCUT2D eigenvalue weighted by Crippen LogP contribution is -2.34. The van der Waals surface area contributed by atoms with Gasteiger partial charge in [0.05, 0.1) is 0 Å². The molecule has 2 aromatic carbocycles. The third kappa shape index (κ3) is 4.60. The van der Waals surface area contributed by atoms with Crippen LogP contribution in [0, 0.1) is 0 Å². The number of benzene rings is 2. The quantitative estimate of drug-likeness (QED) is 0.714.